The van der Waals surface area contributed by atoms with Crippen LogP contribution in [0.2, 0.25) is 0 Å². The predicted molar refractivity (Wildman–Crippen MR) is 65.0 cm³/mol. The Morgan fingerprint density at radius 2 is 2.11 bits per heavy atom. The van der Waals surface area contributed by atoms with E-state index in [9.17, 15) is 15.2 Å². The van der Waals surface area contributed by atoms with Gasteiger partial charge in [-0.1, -0.05) is 30.3 Å². The summed E-state index contributed by atoms with van der Waals surface area (Å²) in [5, 5.41) is 20.7. The van der Waals surface area contributed by atoms with Crippen LogP contribution in [0.4, 0.5) is 5.82 Å². The van der Waals surface area contributed by atoms with Crippen LogP contribution in [0.15, 0.2) is 36.5 Å². The summed E-state index contributed by atoms with van der Waals surface area (Å²) in [5.74, 6) is 0.406. The summed E-state index contributed by atoms with van der Waals surface area (Å²) in [7, 11) is 1.57. The first-order valence-electron chi connectivity index (χ1n) is 5.47. The van der Waals surface area contributed by atoms with E-state index < -0.39 is 11.0 Å². The molecule has 1 aromatic carbocycles. The summed E-state index contributed by atoms with van der Waals surface area (Å²) in [6.45, 7) is 0. The summed E-state index contributed by atoms with van der Waals surface area (Å²) in [6, 6.07) is 9.14. The molecule has 1 aromatic heterocycles. The van der Waals surface area contributed by atoms with E-state index in [0.29, 0.717) is 5.82 Å². The summed E-state index contributed by atoms with van der Waals surface area (Å²) in [6.07, 6.45) is 0.730. The van der Waals surface area contributed by atoms with Crippen molar-refractivity contribution in [2.75, 3.05) is 0 Å². The first-order chi connectivity index (χ1) is 8.59. The Balaban J connectivity index is 2.17. The van der Waals surface area contributed by atoms with E-state index in [2.05, 4.69) is 4.98 Å². The third kappa shape index (κ3) is 2.38. The largest absolute Gasteiger partial charge is 0.388 e. The molecule has 0 aliphatic heterocycles. The van der Waals surface area contributed by atoms with Crippen molar-refractivity contribution in [1.29, 1.82) is 0 Å². The average molecular weight is 247 g/mol. The highest BCUT2D eigenvalue weighted by Crippen LogP contribution is 2.19. The van der Waals surface area contributed by atoms with Gasteiger partial charge in [-0.25, -0.2) is 9.55 Å². The second-order valence-corrected chi connectivity index (χ2v) is 3.98. The minimum absolute atomic E-state index is 0.0785. The molecule has 2 rings (SSSR count). The number of nitro groups is 1. The monoisotopic (exact) mass is 247 g/mol. The lowest BCUT2D eigenvalue weighted by Crippen LogP contribution is -2.08. The van der Waals surface area contributed by atoms with Crippen LogP contribution in [-0.4, -0.2) is 19.6 Å². The molecule has 0 radical (unpaired) electrons. The van der Waals surface area contributed by atoms with Gasteiger partial charge < -0.3 is 15.2 Å². The van der Waals surface area contributed by atoms with Crippen LogP contribution in [0.5, 0.6) is 0 Å². The highest BCUT2D eigenvalue weighted by atomic mass is 16.6. The van der Waals surface area contributed by atoms with Crippen LogP contribution in [0.25, 0.3) is 0 Å². The van der Waals surface area contributed by atoms with Crippen LogP contribution in [-0.2, 0) is 13.5 Å². The van der Waals surface area contributed by atoms with Gasteiger partial charge in [0.2, 0.25) is 0 Å². The van der Waals surface area contributed by atoms with Gasteiger partial charge in [0.25, 0.3) is 0 Å². The van der Waals surface area contributed by atoms with Crippen molar-refractivity contribution in [3.63, 3.8) is 0 Å². The Labute approximate surface area is 104 Å². The Bertz CT molecular complexity index is 551. The number of aliphatic hydroxyl groups is 1. The van der Waals surface area contributed by atoms with Crippen molar-refractivity contribution >= 4 is 5.82 Å². The van der Waals surface area contributed by atoms with Crippen LogP contribution in [0, 0.1) is 10.1 Å². The minimum Gasteiger partial charge on any atom is -0.388 e. The molecule has 1 unspecified atom stereocenters. The molecule has 6 nitrogen and oxygen atoms in total. The van der Waals surface area contributed by atoms with E-state index in [1.165, 1.54) is 10.8 Å². The quantitative estimate of drug-likeness (QED) is 0.657. The van der Waals surface area contributed by atoms with Gasteiger partial charge in [0.1, 0.15) is 6.20 Å². The molecule has 0 spiro atoms. The molecule has 0 aliphatic carbocycles. The summed E-state index contributed by atoms with van der Waals surface area (Å²) < 4.78 is 1.38. The molecule has 1 N–H and O–H groups in total. The number of rotatable bonds is 4. The van der Waals surface area contributed by atoms with Gasteiger partial charge in [0.15, 0.2) is 5.82 Å². The Kier molecular flexibility index (Phi) is 3.38. The zero-order valence-corrected chi connectivity index (χ0v) is 9.85. The van der Waals surface area contributed by atoms with Gasteiger partial charge in [-0.15, -0.1) is 0 Å². The maximum Gasteiger partial charge on any atom is 0.342 e. The molecule has 0 aliphatic rings. The van der Waals surface area contributed by atoms with Crippen molar-refractivity contribution in [2.45, 2.75) is 12.5 Å². The highest BCUT2D eigenvalue weighted by Gasteiger charge is 2.19. The van der Waals surface area contributed by atoms with Crippen LogP contribution in [0.3, 0.4) is 0 Å². The van der Waals surface area contributed by atoms with Gasteiger partial charge in [-0.05, 0) is 10.5 Å². The minimum atomic E-state index is -0.716. The number of nitrogens with zero attached hydrogens (tertiary/aromatic N) is 3. The van der Waals surface area contributed by atoms with Crippen LogP contribution in [0.1, 0.15) is 17.5 Å². The fourth-order valence-electron chi connectivity index (χ4n) is 1.76. The molecule has 18 heavy (non-hydrogen) atoms. The van der Waals surface area contributed by atoms with E-state index in [-0.39, 0.29) is 12.2 Å². The second kappa shape index (κ2) is 4.97. The molecular weight excluding hydrogens is 234 g/mol. The number of hydrogen-bond acceptors (Lipinski definition) is 4. The lowest BCUT2D eigenvalue weighted by Gasteiger charge is -2.08. The predicted octanol–water partition coefficient (Wildman–Crippen LogP) is 1.60. The number of hydrogen-bond donors (Lipinski definition) is 1. The highest BCUT2D eigenvalue weighted by molar-refractivity contribution is 5.22. The van der Waals surface area contributed by atoms with Gasteiger partial charge in [0, 0.05) is 0 Å². The van der Waals surface area contributed by atoms with Crippen molar-refractivity contribution in [1.82, 2.24) is 9.55 Å². The van der Waals surface area contributed by atoms with Gasteiger partial charge in [-0.2, -0.15) is 0 Å². The number of aliphatic hydroxyl groups excluding tert-OH is 1. The first-order valence-corrected chi connectivity index (χ1v) is 5.47. The Hall–Kier alpha value is -2.21. The fraction of sp³-hybridized carbons (Fsp3) is 0.250. The van der Waals surface area contributed by atoms with E-state index in [1.807, 2.05) is 30.3 Å². The molecule has 0 saturated carbocycles. The molecule has 0 bridgehead atoms. The van der Waals surface area contributed by atoms with E-state index in [4.69, 9.17) is 0 Å². The third-order valence-electron chi connectivity index (χ3n) is 2.81. The zero-order chi connectivity index (χ0) is 13.1. The molecule has 2 aromatic rings. The fourth-order valence-corrected chi connectivity index (χ4v) is 1.76. The second-order valence-electron chi connectivity index (χ2n) is 3.98. The van der Waals surface area contributed by atoms with Gasteiger partial charge >= 0.3 is 5.82 Å². The number of imidazole rings is 1. The van der Waals surface area contributed by atoms with E-state index >= 15 is 0 Å². The molecule has 0 saturated heterocycles. The van der Waals surface area contributed by atoms with Gasteiger partial charge in [-0.3, -0.25) is 0 Å². The maximum absolute atomic E-state index is 10.7. The van der Waals surface area contributed by atoms with Crippen LogP contribution >= 0.6 is 0 Å². The summed E-state index contributed by atoms with van der Waals surface area (Å²) >= 11 is 0. The lowest BCUT2D eigenvalue weighted by atomic mass is 10.1. The van der Waals surface area contributed by atoms with E-state index in [0.717, 1.165) is 5.56 Å². The summed E-state index contributed by atoms with van der Waals surface area (Å²) in [5.41, 5.74) is 0.767. The maximum atomic E-state index is 10.7. The zero-order valence-electron chi connectivity index (χ0n) is 9.85. The van der Waals surface area contributed by atoms with Crippen molar-refractivity contribution in [3.8, 4) is 0 Å². The van der Waals surface area contributed by atoms with Crippen LogP contribution < -0.4 is 0 Å². The normalized spacial score (nSPS) is 12.3. The molecule has 1 atom stereocenters. The Morgan fingerprint density at radius 1 is 1.44 bits per heavy atom. The molecule has 1 heterocycles. The molecule has 0 amide bonds. The Morgan fingerprint density at radius 3 is 2.67 bits per heavy atom. The lowest BCUT2D eigenvalue weighted by molar-refractivity contribution is -0.391. The van der Waals surface area contributed by atoms with Crippen molar-refractivity contribution in [2.24, 2.45) is 7.05 Å². The SMILES string of the molecule is Cn1c([N+](=O)[O-])cnc1CC(O)c1ccccc1. The molecular formula is C12H13N3O3. The standard InChI is InChI=1S/C12H13N3O3/c1-14-11(13-8-12(14)15(17)18)7-10(16)9-5-3-2-4-6-9/h2-6,8,10,16H,7H2,1H3. The van der Waals surface area contributed by atoms with Gasteiger partial charge in [0.05, 0.1) is 19.6 Å². The first kappa shape index (κ1) is 12.3. The average Bonchev–Trinajstić information content (AvgIpc) is 2.72. The number of aromatic nitrogens is 2. The van der Waals surface area contributed by atoms with Crippen molar-refractivity contribution < 1.29 is 10.0 Å². The van der Waals surface area contributed by atoms with Crippen molar-refractivity contribution in [3.05, 3.63) is 58.0 Å². The van der Waals surface area contributed by atoms with E-state index in [1.54, 1.807) is 7.05 Å². The third-order valence-corrected chi connectivity index (χ3v) is 2.81. The smallest absolute Gasteiger partial charge is 0.342 e. The molecule has 0 fully saturated rings. The number of benzene rings is 1. The topological polar surface area (TPSA) is 81.2 Å². The molecule has 94 valence electrons. The summed E-state index contributed by atoms with van der Waals surface area (Å²) in [4.78, 5) is 14.1. The molecule has 6 heteroatoms.